The Bertz CT molecular complexity index is 122. The molecule has 68 valence electrons. The van der Waals surface area contributed by atoms with Crippen LogP contribution in [0.1, 0.15) is 34.1 Å². The molecule has 0 fully saturated rings. The van der Waals surface area contributed by atoms with Crippen LogP contribution in [-0.4, -0.2) is 6.18 Å². The van der Waals surface area contributed by atoms with Crippen molar-refractivity contribution in [3.05, 3.63) is 0 Å². The summed E-state index contributed by atoms with van der Waals surface area (Å²) in [6.07, 6.45) is -3.88. The quantitative estimate of drug-likeness (QED) is 0.590. The summed E-state index contributed by atoms with van der Waals surface area (Å²) >= 11 is 0. The summed E-state index contributed by atoms with van der Waals surface area (Å²) in [5.74, 6) is 0.0895. The van der Waals surface area contributed by atoms with Gasteiger partial charge in [-0.05, 0) is 12.3 Å². The average molecular weight is 168 g/mol. The van der Waals surface area contributed by atoms with E-state index in [9.17, 15) is 13.2 Å². The second kappa shape index (κ2) is 3.03. The first-order valence-corrected chi connectivity index (χ1v) is 3.73. The van der Waals surface area contributed by atoms with Gasteiger partial charge in [-0.25, -0.2) is 0 Å². The predicted octanol–water partition coefficient (Wildman–Crippen LogP) is 3.62. The van der Waals surface area contributed by atoms with Crippen LogP contribution in [-0.2, 0) is 0 Å². The monoisotopic (exact) mass is 168 g/mol. The SMILES string of the molecule is CC(C)CC(C)(C)C(F)(F)F. The highest BCUT2D eigenvalue weighted by Crippen LogP contribution is 2.41. The summed E-state index contributed by atoms with van der Waals surface area (Å²) in [5.41, 5.74) is -1.54. The average Bonchev–Trinajstić information content (AvgIpc) is 1.56. The van der Waals surface area contributed by atoms with Crippen LogP contribution in [0.3, 0.4) is 0 Å². The van der Waals surface area contributed by atoms with Crippen LogP contribution in [0.25, 0.3) is 0 Å². The van der Waals surface area contributed by atoms with Crippen molar-refractivity contribution >= 4 is 0 Å². The molecule has 0 N–H and O–H groups in total. The largest absolute Gasteiger partial charge is 0.393 e. The highest BCUT2D eigenvalue weighted by atomic mass is 19.4. The molecule has 0 rings (SSSR count). The third kappa shape index (κ3) is 3.12. The number of rotatable bonds is 2. The fourth-order valence-corrected chi connectivity index (χ4v) is 1.14. The van der Waals surface area contributed by atoms with Gasteiger partial charge in [-0.2, -0.15) is 13.2 Å². The smallest absolute Gasteiger partial charge is 0.171 e. The van der Waals surface area contributed by atoms with Gasteiger partial charge in [0.25, 0.3) is 0 Å². The maximum atomic E-state index is 12.2. The van der Waals surface area contributed by atoms with Gasteiger partial charge in [0.2, 0.25) is 0 Å². The molecule has 0 spiro atoms. The van der Waals surface area contributed by atoms with Crippen molar-refractivity contribution in [3.8, 4) is 0 Å². The number of hydrogen-bond donors (Lipinski definition) is 0. The summed E-state index contributed by atoms with van der Waals surface area (Å²) in [6, 6.07) is 0. The zero-order valence-electron chi connectivity index (χ0n) is 7.42. The molecule has 0 atom stereocenters. The second-order valence-corrected chi connectivity index (χ2v) is 3.98. The van der Waals surface area contributed by atoms with E-state index in [-0.39, 0.29) is 12.3 Å². The van der Waals surface area contributed by atoms with Gasteiger partial charge in [0.15, 0.2) is 0 Å². The molecule has 0 saturated carbocycles. The topological polar surface area (TPSA) is 0 Å². The van der Waals surface area contributed by atoms with Gasteiger partial charge in [0.05, 0.1) is 5.41 Å². The van der Waals surface area contributed by atoms with Gasteiger partial charge in [0, 0.05) is 0 Å². The molecule has 0 bridgehead atoms. The molecule has 0 aliphatic rings. The first kappa shape index (κ1) is 10.8. The number of hydrogen-bond acceptors (Lipinski definition) is 0. The normalized spacial score (nSPS) is 14.2. The summed E-state index contributed by atoms with van der Waals surface area (Å²) < 4.78 is 36.6. The van der Waals surface area contributed by atoms with Crippen LogP contribution in [0, 0.1) is 11.3 Å². The first-order valence-electron chi connectivity index (χ1n) is 3.73. The molecular formula is C8H15F3. The van der Waals surface area contributed by atoms with Crippen molar-refractivity contribution in [1.82, 2.24) is 0 Å². The molecule has 11 heavy (non-hydrogen) atoms. The van der Waals surface area contributed by atoms with E-state index < -0.39 is 11.6 Å². The maximum absolute atomic E-state index is 12.2. The zero-order valence-corrected chi connectivity index (χ0v) is 7.42. The van der Waals surface area contributed by atoms with Gasteiger partial charge in [-0.15, -0.1) is 0 Å². The molecule has 0 saturated heterocycles. The molecule has 0 unspecified atom stereocenters. The summed E-state index contributed by atoms with van der Waals surface area (Å²) in [7, 11) is 0. The third-order valence-corrected chi connectivity index (χ3v) is 1.69. The van der Waals surface area contributed by atoms with Gasteiger partial charge in [0.1, 0.15) is 0 Å². The fraction of sp³-hybridized carbons (Fsp3) is 1.00. The standard InChI is InChI=1S/C8H15F3/c1-6(2)5-7(3,4)8(9,10)11/h6H,5H2,1-4H3. The Hall–Kier alpha value is -0.210. The van der Waals surface area contributed by atoms with E-state index in [4.69, 9.17) is 0 Å². The first-order chi connectivity index (χ1) is 4.67. The lowest BCUT2D eigenvalue weighted by Crippen LogP contribution is -2.33. The van der Waals surface area contributed by atoms with Crippen LogP contribution >= 0.6 is 0 Å². The van der Waals surface area contributed by atoms with Crippen molar-refractivity contribution in [2.24, 2.45) is 11.3 Å². The molecule has 0 aromatic heterocycles. The van der Waals surface area contributed by atoms with Crippen LogP contribution in [0.15, 0.2) is 0 Å². The molecule has 0 aromatic carbocycles. The Balaban J connectivity index is 4.22. The van der Waals surface area contributed by atoms with Crippen LogP contribution in [0.2, 0.25) is 0 Å². The lowest BCUT2D eigenvalue weighted by molar-refractivity contribution is -0.216. The van der Waals surface area contributed by atoms with E-state index in [1.54, 1.807) is 13.8 Å². The lowest BCUT2D eigenvalue weighted by atomic mass is 9.83. The number of halogens is 3. The molecular weight excluding hydrogens is 153 g/mol. The molecule has 0 aliphatic heterocycles. The van der Waals surface area contributed by atoms with Crippen molar-refractivity contribution in [1.29, 1.82) is 0 Å². The van der Waals surface area contributed by atoms with E-state index in [1.807, 2.05) is 0 Å². The van der Waals surface area contributed by atoms with E-state index in [0.29, 0.717) is 0 Å². The molecule has 0 amide bonds. The molecule has 0 aromatic rings. The Morgan fingerprint density at radius 1 is 1.09 bits per heavy atom. The summed E-state index contributed by atoms with van der Waals surface area (Å²) in [5, 5.41) is 0. The van der Waals surface area contributed by atoms with Crippen molar-refractivity contribution in [3.63, 3.8) is 0 Å². The third-order valence-electron chi connectivity index (χ3n) is 1.69. The molecule has 0 aliphatic carbocycles. The molecule has 0 heterocycles. The maximum Gasteiger partial charge on any atom is 0.393 e. The Kier molecular flexibility index (Phi) is 2.98. The minimum atomic E-state index is -4.07. The van der Waals surface area contributed by atoms with Gasteiger partial charge in [-0.3, -0.25) is 0 Å². The van der Waals surface area contributed by atoms with Gasteiger partial charge in [-0.1, -0.05) is 27.7 Å². The zero-order chi connectivity index (χ0) is 9.28. The van der Waals surface area contributed by atoms with E-state index in [2.05, 4.69) is 0 Å². The Morgan fingerprint density at radius 3 is 1.55 bits per heavy atom. The number of alkyl halides is 3. The van der Waals surface area contributed by atoms with Crippen molar-refractivity contribution < 1.29 is 13.2 Å². The van der Waals surface area contributed by atoms with Crippen LogP contribution < -0.4 is 0 Å². The van der Waals surface area contributed by atoms with Crippen molar-refractivity contribution in [2.75, 3.05) is 0 Å². The van der Waals surface area contributed by atoms with Crippen LogP contribution in [0.5, 0.6) is 0 Å². The molecule has 3 heteroatoms. The van der Waals surface area contributed by atoms with E-state index >= 15 is 0 Å². The van der Waals surface area contributed by atoms with Gasteiger partial charge >= 0.3 is 6.18 Å². The van der Waals surface area contributed by atoms with Crippen molar-refractivity contribution in [2.45, 2.75) is 40.3 Å². The fourth-order valence-electron chi connectivity index (χ4n) is 1.14. The minimum absolute atomic E-state index is 0.0895. The summed E-state index contributed by atoms with van der Waals surface area (Å²) in [4.78, 5) is 0. The second-order valence-electron chi connectivity index (χ2n) is 3.98. The highest BCUT2D eigenvalue weighted by Gasteiger charge is 2.46. The Morgan fingerprint density at radius 2 is 1.45 bits per heavy atom. The minimum Gasteiger partial charge on any atom is -0.171 e. The van der Waals surface area contributed by atoms with E-state index in [1.165, 1.54) is 13.8 Å². The van der Waals surface area contributed by atoms with Crippen LogP contribution in [0.4, 0.5) is 13.2 Å². The van der Waals surface area contributed by atoms with Gasteiger partial charge < -0.3 is 0 Å². The van der Waals surface area contributed by atoms with E-state index in [0.717, 1.165) is 0 Å². The molecule has 0 radical (unpaired) electrons. The predicted molar refractivity (Wildman–Crippen MR) is 39.3 cm³/mol. The molecule has 0 nitrogen and oxygen atoms in total. The highest BCUT2D eigenvalue weighted by molar-refractivity contribution is 4.77. The lowest BCUT2D eigenvalue weighted by Gasteiger charge is -2.29. The Labute approximate surface area is 65.8 Å². The summed E-state index contributed by atoms with van der Waals surface area (Å²) in [6.45, 7) is 6.08.